The molecule has 0 aliphatic carbocycles. The lowest BCUT2D eigenvalue weighted by Crippen LogP contribution is -2.36. The van der Waals surface area contributed by atoms with Gasteiger partial charge in [0, 0.05) is 23.8 Å². The van der Waals surface area contributed by atoms with Gasteiger partial charge in [0.1, 0.15) is 0 Å². The van der Waals surface area contributed by atoms with Crippen molar-refractivity contribution in [3.63, 3.8) is 0 Å². The molecule has 1 aliphatic heterocycles. The average Bonchev–Trinajstić information content (AvgIpc) is 2.84. The van der Waals surface area contributed by atoms with Gasteiger partial charge in [-0.1, -0.05) is 29.8 Å². The van der Waals surface area contributed by atoms with E-state index < -0.39 is 5.97 Å². The van der Waals surface area contributed by atoms with Crippen LogP contribution in [0.1, 0.15) is 47.3 Å². The van der Waals surface area contributed by atoms with Gasteiger partial charge in [-0.05, 0) is 65.7 Å². The van der Waals surface area contributed by atoms with E-state index in [9.17, 15) is 4.79 Å². The van der Waals surface area contributed by atoms with Crippen LogP contribution in [-0.4, -0.2) is 63.4 Å². The molecule has 1 aromatic heterocycles. The Kier molecular flexibility index (Phi) is 7.09. The number of aliphatic carboxylic acids is 1. The Balaban J connectivity index is 1.63. The third kappa shape index (κ3) is 5.67. The number of hydrogen-bond acceptors (Lipinski definition) is 4. The second-order valence-corrected chi connectivity index (χ2v) is 8.46. The second kappa shape index (κ2) is 9.55. The number of likely N-dealkylation sites (tertiary alicyclic amines) is 1. The molecular weight excluding hydrogens is 364 g/mol. The highest BCUT2D eigenvalue weighted by Crippen LogP contribution is 2.21. The topological polar surface area (TPSA) is 61.6 Å². The van der Waals surface area contributed by atoms with Gasteiger partial charge in [0.25, 0.3) is 0 Å². The van der Waals surface area contributed by atoms with Crippen molar-refractivity contribution < 1.29 is 9.90 Å². The molecule has 3 rings (SSSR count). The van der Waals surface area contributed by atoms with Gasteiger partial charge in [-0.2, -0.15) is 5.10 Å². The first-order valence-corrected chi connectivity index (χ1v) is 10.6. The maximum absolute atomic E-state index is 11.0. The molecule has 0 radical (unpaired) electrons. The summed E-state index contributed by atoms with van der Waals surface area (Å²) in [6, 6.07) is 9.00. The highest BCUT2D eigenvalue weighted by Gasteiger charge is 2.23. The van der Waals surface area contributed by atoms with Crippen molar-refractivity contribution in [1.29, 1.82) is 0 Å². The third-order valence-corrected chi connectivity index (χ3v) is 6.16. The first-order valence-electron chi connectivity index (χ1n) is 10.6. The quantitative estimate of drug-likeness (QED) is 0.776. The molecule has 1 saturated heterocycles. The summed E-state index contributed by atoms with van der Waals surface area (Å²) in [5.41, 5.74) is 6.22. The van der Waals surface area contributed by atoms with Crippen LogP contribution in [0.2, 0.25) is 0 Å². The number of carboxylic acid groups (broad SMARTS) is 1. The van der Waals surface area contributed by atoms with Crippen molar-refractivity contribution in [2.45, 2.75) is 59.2 Å². The minimum Gasteiger partial charge on any atom is -0.480 e. The minimum absolute atomic E-state index is 0.120. The number of benzene rings is 1. The third-order valence-electron chi connectivity index (χ3n) is 6.16. The number of hydrogen-bond donors (Lipinski definition) is 1. The SMILES string of the molecule is Cc1ccc(Cn2nc(C)c(CN3CCCC(N(C)CC(=O)O)CC3)c2C)cc1. The summed E-state index contributed by atoms with van der Waals surface area (Å²) < 4.78 is 2.12. The Labute approximate surface area is 174 Å². The van der Waals surface area contributed by atoms with E-state index >= 15 is 0 Å². The number of aromatic nitrogens is 2. The number of carboxylic acids is 1. The van der Waals surface area contributed by atoms with Crippen LogP contribution >= 0.6 is 0 Å². The molecule has 6 nitrogen and oxygen atoms in total. The van der Waals surface area contributed by atoms with E-state index in [-0.39, 0.29) is 6.54 Å². The molecule has 1 atom stereocenters. The number of rotatable bonds is 7. The van der Waals surface area contributed by atoms with E-state index in [1.54, 1.807) is 0 Å². The molecule has 1 N–H and O–H groups in total. The monoisotopic (exact) mass is 398 g/mol. The van der Waals surface area contributed by atoms with Gasteiger partial charge in [-0.15, -0.1) is 0 Å². The van der Waals surface area contributed by atoms with Gasteiger partial charge in [0.15, 0.2) is 0 Å². The lowest BCUT2D eigenvalue weighted by molar-refractivity contribution is -0.138. The lowest BCUT2D eigenvalue weighted by atomic mass is 10.1. The van der Waals surface area contributed by atoms with Gasteiger partial charge >= 0.3 is 5.97 Å². The molecule has 1 aromatic carbocycles. The number of aryl methyl sites for hydroxylation is 2. The zero-order chi connectivity index (χ0) is 21.0. The standard InChI is InChI=1S/C23H34N4O2/c1-17-7-9-20(10-8-17)14-27-19(3)22(18(2)24-27)15-26-12-5-6-21(11-13-26)25(4)16-23(28)29/h7-10,21H,5-6,11-16H2,1-4H3,(H,28,29). The van der Waals surface area contributed by atoms with Crippen LogP contribution in [-0.2, 0) is 17.9 Å². The van der Waals surface area contributed by atoms with Crippen molar-refractivity contribution in [3.05, 3.63) is 52.3 Å². The number of nitrogens with zero attached hydrogens (tertiary/aromatic N) is 4. The molecular formula is C23H34N4O2. The van der Waals surface area contributed by atoms with E-state index in [0.29, 0.717) is 6.04 Å². The highest BCUT2D eigenvalue weighted by atomic mass is 16.4. The molecule has 1 fully saturated rings. The van der Waals surface area contributed by atoms with E-state index in [0.717, 1.165) is 51.1 Å². The zero-order valence-electron chi connectivity index (χ0n) is 18.2. The summed E-state index contributed by atoms with van der Waals surface area (Å²) in [6.07, 6.45) is 3.18. The number of likely N-dealkylation sites (N-methyl/N-ethyl adjacent to an activating group) is 1. The minimum atomic E-state index is -0.749. The van der Waals surface area contributed by atoms with Crippen LogP contribution in [0.25, 0.3) is 0 Å². The summed E-state index contributed by atoms with van der Waals surface area (Å²) in [5.74, 6) is -0.749. The molecule has 1 aliphatic rings. The van der Waals surface area contributed by atoms with Crippen molar-refractivity contribution in [3.8, 4) is 0 Å². The van der Waals surface area contributed by atoms with E-state index in [2.05, 4.69) is 54.6 Å². The molecule has 6 heteroatoms. The molecule has 0 spiro atoms. The first kappa shape index (κ1) is 21.5. The predicted molar refractivity (Wildman–Crippen MR) is 115 cm³/mol. The van der Waals surface area contributed by atoms with Crippen molar-refractivity contribution in [1.82, 2.24) is 19.6 Å². The summed E-state index contributed by atoms with van der Waals surface area (Å²) in [4.78, 5) is 15.5. The predicted octanol–water partition coefficient (Wildman–Crippen LogP) is 3.23. The molecule has 0 bridgehead atoms. The van der Waals surface area contributed by atoms with Gasteiger partial charge in [0.2, 0.25) is 0 Å². The fourth-order valence-corrected chi connectivity index (χ4v) is 4.29. The maximum Gasteiger partial charge on any atom is 0.317 e. The Morgan fingerprint density at radius 2 is 1.86 bits per heavy atom. The maximum atomic E-state index is 11.0. The lowest BCUT2D eigenvalue weighted by Gasteiger charge is -2.25. The second-order valence-electron chi connectivity index (χ2n) is 8.46. The van der Waals surface area contributed by atoms with E-state index in [4.69, 9.17) is 10.2 Å². The average molecular weight is 399 g/mol. The normalized spacial score (nSPS) is 18.2. The van der Waals surface area contributed by atoms with E-state index in [1.807, 2.05) is 11.9 Å². The van der Waals surface area contributed by atoms with Crippen LogP contribution in [0.4, 0.5) is 0 Å². The van der Waals surface area contributed by atoms with Crippen molar-refractivity contribution in [2.24, 2.45) is 0 Å². The first-order chi connectivity index (χ1) is 13.8. The largest absolute Gasteiger partial charge is 0.480 e. The van der Waals surface area contributed by atoms with Crippen LogP contribution in [0, 0.1) is 20.8 Å². The Morgan fingerprint density at radius 1 is 1.14 bits per heavy atom. The van der Waals surface area contributed by atoms with Crippen LogP contribution < -0.4 is 0 Å². The van der Waals surface area contributed by atoms with E-state index in [1.165, 1.54) is 22.4 Å². The van der Waals surface area contributed by atoms with Gasteiger partial charge < -0.3 is 5.11 Å². The molecule has 158 valence electrons. The fraction of sp³-hybridized carbons (Fsp3) is 0.565. The summed E-state index contributed by atoms with van der Waals surface area (Å²) in [5, 5.41) is 13.9. The summed E-state index contributed by atoms with van der Waals surface area (Å²) in [6.45, 7) is 10.3. The fourth-order valence-electron chi connectivity index (χ4n) is 4.29. The summed E-state index contributed by atoms with van der Waals surface area (Å²) >= 11 is 0. The molecule has 0 saturated carbocycles. The van der Waals surface area contributed by atoms with Gasteiger partial charge in [-0.25, -0.2) is 0 Å². The van der Waals surface area contributed by atoms with Gasteiger partial charge in [0.05, 0.1) is 18.8 Å². The number of carbonyl (C=O) groups is 1. The summed E-state index contributed by atoms with van der Waals surface area (Å²) in [7, 11) is 1.93. The molecule has 2 heterocycles. The van der Waals surface area contributed by atoms with Crippen LogP contribution in [0.3, 0.4) is 0 Å². The zero-order valence-corrected chi connectivity index (χ0v) is 18.2. The molecule has 1 unspecified atom stereocenters. The molecule has 0 amide bonds. The van der Waals surface area contributed by atoms with Crippen LogP contribution in [0.5, 0.6) is 0 Å². The highest BCUT2D eigenvalue weighted by molar-refractivity contribution is 5.69. The smallest absolute Gasteiger partial charge is 0.317 e. The Hall–Kier alpha value is -2.18. The molecule has 29 heavy (non-hydrogen) atoms. The molecule has 2 aromatic rings. The Bertz CT molecular complexity index is 828. The van der Waals surface area contributed by atoms with Gasteiger partial charge in [-0.3, -0.25) is 19.3 Å². The van der Waals surface area contributed by atoms with Crippen molar-refractivity contribution >= 4 is 5.97 Å². The Morgan fingerprint density at radius 3 is 2.55 bits per heavy atom. The van der Waals surface area contributed by atoms with Crippen molar-refractivity contribution in [2.75, 3.05) is 26.7 Å². The van der Waals surface area contributed by atoms with Crippen LogP contribution in [0.15, 0.2) is 24.3 Å².